The average Bonchev–Trinajstić information content (AvgIpc) is 2.10. The molecule has 0 bridgehead atoms. The number of carbonyl (C=O) groups excluding carboxylic acids is 1. The predicted octanol–water partition coefficient (Wildman–Crippen LogP) is 0.0622. The number of carbonyl (C=O) groups is 2. The SMILES string of the molecule is C[C@@H](O)[C@H](NC(=O)NC1(C)CCC1)C(=O)O. The van der Waals surface area contributed by atoms with Crippen LogP contribution in [0.3, 0.4) is 0 Å². The molecule has 0 saturated heterocycles. The summed E-state index contributed by atoms with van der Waals surface area (Å²) in [5.74, 6) is -1.25. The van der Waals surface area contributed by atoms with Gasteiger partial charge < -0.3 is 20.8 Å². The first-order chi connectivity index (χ1) is 7.34. The van der Waals surface area contributed by atoms with Gasteiger partial charge in [-0.2, -0.15) is 0 Å². The number of hydrogen-bond donors (Lipinski definition) is 4. The molecule has 1 rings (SSSR count). The van der Waals surface area contributed by atoms with Crippen LogP contribution in [0, 0.1) is 0 Å². The monoisotopic (exact) mass is 230 g/mol. The van der Waals surface area contributed by atoms with Gasteiger partial charge in [0.1, 0.15) is 0 Å². The Kier molecular flexibility index (Phi) is 3.74. The average molecular weight is 230 g/mol. The van der Waals surface area contributed by atoms with E-state index >= 15 is 0 Å². The molecule has 4 N–H and O–H groups in total. The van der Waals surface area contributed by atoms with Gasteiger partial charge in [0.25, 0.3) is 0 Å². The Morgan fingerprint density at radius 2 is 1.94 bits per heavy atom. The van der Waals surface area contributed by atoms with Crippen LogP contribution in [0.15, 0.2) is 0 Å². The zero-order valence-electron chi connectivity index (χ0n) is 9.49. The minimum atomic E-state index is -1.27. The van der Waals surface area contributed by atoms with Crippen molar-refractivity contribution in [3.63, 3.8) is 0 Å². The van der Waals surface area contributed by atoms with Gasteiger partial charge in [0.2, 0.25) is 0 Å². The van der Waals surface area contributed by atoms with Crippen molar-refractivity contribution in [2.24, 2.45) is 0 Å². The molecule has 16 heavy (non-hydrogen) atoms. The third kappa shape index (κ3) is 3.10. The molecule has 0 aromatic carbocycles. The zero-order valence-corrected chi connectivity index (χ0v) is 9.49. The van der Waals surface area contributed by atoms with Gasteiger partial charge >= 0.3 is 12.0 Å². The summed E-state index contributed by atoms with van der Waals surface area (Å²) in [5, 5.41) is 22.9. The molecule has 2 atom stereocenters. The lowest BCUT2D eigenvalue weighted by molar-refractivity contribution is -0.141. The molecule has 1 saturated carbocycles. The second-order valence-electron chi connectivity index (χ2n) is 4.57. The van der Waals surface area contributed by atoms with E-state index in [4.69, 9.17) is 5.11 Å². The van der Waals surface area contributed by atoms with E-state index in [1.54, 1.807) is 0 Å². The van der Waals surface area contributed by atoms with Crippen molar-refractivity contribution in [1.29, 1.82) is 0 Å². The highest BCUT2D eigenvalue weighted by Gasteiger charge is 2.34. The third-order valence-corrected chi connectivity index (χ3v) is 2.91. The number of carboxylic acid groups (broad SMARTS) is 1. The van der Waals surface area contributed by atoms with Crippen molar-refractivity contribution in [1.82, 2.24) is 10.6 Å². The van der Waals surface area contributed by atoms with Crippen LogP contribution in [0.4, 0.5) is 4.79 Å². The third-order valence-electron chi connectivity index (χ3n) is 2.91. The summed E-state index contributed by atoms with van der Waals surface area (Å²) in [5.41, 5.74) is -0.230. The van der Waals surface area contributed by atoms with Crippen LogP contribution in [-0.4, -0.2) is 39.9 Å². The summed E-state index contributed by atoms with van der Waals surface area (Å²) in [6, 6.07) is -1.82. The van der Waals surface area contributed by atoms with Crippen LogP contribution in [0.25, 0.3) is 0 Å². The van der Waals surface area contributed by atoms with Gasteiger partial charge in [0.15, 0.2) is 6.04 Å². The highest BCUT2D eigenvalue weighted by molar-refractivity contribution is 5.83. The number of urea groups is 1. The van der Waals surface area contributed by atoms with Gasteiger partial charge in [-0.25, -0.2) is 9.59 Å². The smallest absolute Gasteiger partial charge is 0.328 e. The number of aliphatic hydroxyl groups excluding tert-OH is 1. The summed E-state index contributed by atoms with van der Waals surface area (Å²) in [7, 11) is 0. The maximum Gasteiger partial charge on any atom is 0.328 e. The fourth-order valence-electron chi connectivity index (χ4n) is 1.67. The lowest BCUT2D eigenvalue weighted by Gasteiger charge is -2.39. The molecule has 0 unspecified atom stereocenters. The van der Waals surface area contributed by atoms with E-state index in [0.717, 1.165) is 19.3 Å². The summed E-state index contributed by atoms with van der Waals surface area (Å²) in [4.78, 5) is 22.2. The molecule has 0 aromatic heterocycles. The second kappa shape index (κ2) is 4.69. The fraction of sp³-hybridized carbons (Fsp3) is 0.800. The summed E-state index contributed by atoms with van der Waals surface area (Å²) >= 11 is 0. The standard InChI is InChI=1S/C10H18N2O4/c1-6(13)7(8(14)15)11-9(16)12-10(2)4-3-5-10/h6-7,13H,3-5H2,1-2H3,(H,14,15)(H2,11,12,16)/t6-,7+/m1/s1. The van der Waals surface area contributed by atoms with Gasteiger partial charge in [0, 0.05) is 5.54 Å². The van der Waals surface area contributed by atoms with E-state index in [2.05, 4.69) is 10.6 Å². The summed E-state index contributed by atoms with van der Waals surface area (Å²) in [6.07, 6.45) is 1.73. The molecule has 1 fully saturated rings. The molecule has 1 aliphatic rings. The molecule has 1 aliphatic carbocycles. The normalized spacial score (nSPS) is 21.4. The van der Waals surface area contributed by atoms with Crippen LogP contribution in [0.5, 0.6) is 0 Å². The number of nitrogens with one attached hydrogen (secondary N) is 2. The number of aliphatic carboxylic acids is 1. The van der Waals surface area contributed by atoms with Crippen molar-refractivity contribution in [3.8, 4) is 0 Å². The maximum absolute atomic E-state index is 11.5. The number of amides is 2. The molecule has 92 valence electrons. The minimum absolute atomic E-state index is 0.230. The second-order valence-corrected chi connectivity index (χ2v) is 4.57. The van der Waals surface area contributed by atoms with Crippen molar-refractivity contribution >= 4 is 12.0 Å². The first-order valence-corrected chi connectivity index (χ1v) is 5.34. The van der Waals surface area contributed by atoms with E-state index in [0.29, 0.717) is 0 Å². The zero-order chi connectivity index (χ0) is 12.3. The quantitative estimate of drug-likeness (QED) is 0.549. The van der Waals surface area contributed by atoms with Crippen LogP contribution < -0.4 is 10.6 Å². The Balaban J connectivity index is 2.45. The first kappa shape index (κ1) is 12.8. The first-order valence-electron chi connectivity index (χ1n) is 5.34. The van der Waals surface area contributed by atoms with Crippen LogP contribution >= 0.6 is 0 Å². The minimum Gasteiger partial charge on any atom is -0.480 e. The number of carboxylic acids is 1. The summed E-state index contributed by atoms with van der Waals surface area (Å²) < 4.78 is 0. The Labute approximate surface area is 94.0 Å². The van der Waals surface area contributed by atoms with Crippen LogP contribution in [-0.2, 0) is 4.79 Å². The Hall–Kier alpha value is -1.30. The van der Waals surface area contributed by atoms with Gasteiger partial charge in [0.05, 0.1) is 6.10 Å². The largest absolute Gasteiger partial charge is 0.480 e. The molecular weight excluding hydrogens is 212 g/mol. The molecule has 0 heterocycles. The molecule has 6 heteroatoms. The van der Waals surface area contributed by atoms with Crippen molar-refractivity contribution in [2.75, 3.05) is 0 Å². The Morgan fingerprint density at radius 1 is 1.38 bits per heavy atom. The van der Waals surface area contributed by atoms with E-state index in [-0.39, 0.29) is 5.54 Å². The fourth-order valence-corrected chi connectivity index (χ4v) is 1.67. The topological polar surface area (TPSA) is 98.7 Å². The highest BCUT2D eigenvalue weighted by atomic mass is 16.4. The summed E-state index contributed by atoms with van der Waals surface area (Å²) in [6.45, 7) is 3.23. The van der Waals surface area contributed by atoms with E-state index in [1.807, 2.05) is 6.92 Å². The number of rotatable bonds is 4. The van der Waals surface area contributed by atoms with E-state index < -0.39 is 24.1 Å². The highest BCUT2D eigenvalue weighted by Crippen LogP contribution is 2.30. The molecule has 0 radical (unpaired) electrons. The van der Waals surface area contributed by atoms with Crippen molar-refractivity contribution in [2.45, 2.75) is 50.8 Å². The molecule has 0 aliphatic heterocycles. The van der Waals surface area contributed by atoms with Gasteiger partial charge in [-0.05, 0) is 33.1 Å². The molecule has 0 aromatic rings. The maximum atomic E-state index is 11.5. The lowest BCUT2D eigenvalue weighted by atomic mass is 9.79. The van der Waals surface area contributed by atoms with E-state index in [9.17, 15) is 14.7 Å². The van der Waals surface area contributed by atoms with Crippen LogP contribution in [0.2, 0.25) is 0 Å². The number of aliphatic hydroxyl groups is 1. The Morgan fingerprint density at radius 3 is 2.25 bits per heavy atom. The van der Waals surface area contributed by atoms with Gasteiger partial charge in [-0.15, -0.1) is 0 Å². The van der Waals surface area contributed by atoms with Gasteiger partial charge in [-0.1, -0.05) is 0 Å². The van der Waals surface area contributed by atoms with E-state index in [1.165, 1.54) is 6.92 Å². The molecular formula is C10H18N2O4. The van der Waals surface area contributed by atoms with Crippen molar-refractivity contribution in [3.05, 3.63) is 0 Å². The Bertz CT molecular complexity index is 287. The molecule has 2 amide bonds. The van der Waals surface area contributed by atoms with Gasteiger partial charge in [-0.3, -0.25) is 0 Å². The number of hydrogen-bond acceptors (Lipinski definition) is 3. The lowest BCUT2D eigenvalue weighted by Crippen LogP contribution is -2.58. The van der Waals surface area contributed by atoms with Crippen molar-refractivity contribution < 1.29 is 19.8 Å². The molecule has 6 nitrogen and oxygen atoms in total. The molecule has 0 spiro atoms. The predicted molar refractivity (Wildman–Crippen MR) is 57.0 cm³/mol. The van der Waals surface area contributed by atoms with Crippen LogP contribution in [0.1, 0.15) is 33.1 Å².